The Kier molecular flexibility index (Phi) is 6.55. The highest BCUT2D eigenvalue weighted by atomic mass is 35.5. The van der Waals surface area contributed by atoms with Crippen molar-refractivity contribution in [3.8, 4) is 11.1 Å². The average molecular weight is 382 g/mol. The van der Waals surface area contributed by atoms with Crippen LogP contribution in [-0.2, 0) is 19.1 Å². The highest BCUT2D eigenvalue weighted by molar-refractivity contribution is 7.15. The number of thiophene rings is 1. The Labute approximate surface area is 153 Å². The molecule has 0 atom stereocenters. The SMILES string of the molecule is COC(=O)CCC(=O)Nc1scc(-c2ccc(Cl)cc2)c1C(=O)OC. The van der Waals surface area contributed by atoms with Crippen molar-refractivity contribution < 1.29 is 23.9 Å². The molecule has 8 heteroatoms. The molecule has 0 saturated heterocycles. The van der Waals surface area contributed by atoms with Gasteiger partial charge in [-0.15, -0.1) is 11.3 Å². The number of carbonyl (C=O) groups excluding carboxylic acids is 3. The second kappa shape index (κ2) is 8.64. The van der Waals surface area contributed by atoms with Gasteiger partial charge in [0, 0.05) is 22.4 Å². The van der Waals surface area contributed by atoms with Crippen LogP contribution >= 0.6 is 22.9 Å². The number of amides is 1. The standard InChI is InChI=1S/C17H16ClNO5S/c1-23-14(21)8-7-13(20)19-16-15(17(22)24-2)12(9-25-16)10-3-5-11(18)6-4-10/h3-6,9H,7-8H2,1-2H3,(H,19,20). The summed E-state index contributed by atoms with van der Waals surface area (Å²) in [6, 6.07) is 6.98. The van der Waals surface area contributed by atoms with Crippen LogP contribution in [0.4, 0.5) is 5.00 Å². The number of methoxy groups -OCH3 is 2. The first kappa shape index (κ1) is 19.0. The molecule has 0 spiro atoms. The number of halogens is 1. The molecule has 0 bridgehead atoms. The van der Waals surface area contributed by atoms with E-state index >= 15 is 0 Å². The molecule has 132 valence electrons. The quantitative estimate of drug-likeness (QED) is 0.770. The molecule has 6 nitrogen and oxygen atoms in total. The number of nitrogens with one attached hydrogen (secondary N) is 1. The summed E-state index contributed by atoms with van der Waals surface area (Å²) < 4.78 is 9.34. The summed E-state index contributed by atoms with van der Waals surface area (Å²) in [6.07, 6.45) is -0.0766. The third-order valence-electron chi connectivity index (χ3n) is 3.37. The maximum atomic E-state index is 12.2. The van der Waals surface area contributed by atoms with Crippen LogP contribution in [0.3, 0.4) is 0 Å². The van der Waals surface area contributed by atoms with E-state index in [2.05, 4.69) is 10.1 Å². The Hall–Kier alpha value is -2.38. The zero-order chi connectivity index (χ0) is 18.4. The lowest BCUT2D eigenvalue weighted by Gasteiger charge is -2.08. The molecule has 0 saturated carbocycles. The summed E-state index contributed by atoms with van der Waals surface area (Å²) in [6.45, 7) is 0. The van der Waals surface area contributed by atoms with E-state index in [0.717, 1.165) is 5.56 Å². The van der Waals surface area contributed by atoms with Crippen LogP contribution in [0.2, 0.25) is 5.02 Å². The summed E-state index contributed by atoms with van der Waals surface area (Å²) in [4.78, 5) is 35.3. The Balaban J connectivity index is 2.26. The second-order valence-electron chi connectivity index (χ2n) is 4.98. The fraction of sp³-hybridized carbons (Fsp3) is 0.235. The minimum absolute atomic E-state index is 0.0364. The van der Waals surface area contributed by atoms with E-state index in [1.54, 1.807) is 29.6 Å². The molecule has 25 heavy (non-hydrogen) atoms. The second-order valence-corrected chi connectivity index (χ2v) is 6.29. The number of anilines is 1. The molecule has 2 rings (SSSR count). The van der Waals surface area contributed by atoms with Crippen LogP contribution in [0.5, 0.6) is 0 Å². The molecule has 2 aromatic rings. The summed E-state index contributed by atoms with van der Waals surface area (Å²) in [5, 5.41) is 5.35. The monoisotopic (exact) mass is 381 g/mol. The van der Waals surface area contributed by atoms with Crippen LogP contribution < -0.4 is 5.32 Å². The lowest BCUT2D eigenvalue weighted by molar-refractivity contribution is -0.141. The van der Waals surface area contributed by atoms with Gasteiger partial charge >= 0.3 is 11.9 Å². The van der Waals surface area contributed by atoms with Crippen LogP contribution in [-0.4, -0.2) is 32.1 Å². The van der Waals surface area contributed by atoms with Crippen molar-refractivity contribution in [2.45, 2.75) is 12.8 Å². The smallest absolute Gasteiger partial charge is 0.341 e. The number of rotatable bonds is 6. The predicted octanol–water partition coefficient (Wildman–Crippen LogP) is 3.75. The van der Waals surface area contributed by atoms with Crippen LogP contribution in [0.15, 0.2) is 29.6 Å². The van der Waals surface area contributed by atoms with Crippen LogP contribution in [0, 0.1) is 0 Å². The van der Waals surface area contributed by atoms with Crippen molar-refractivity contribution in [3.63, 3.8) is 0 Å². The molecule has 1 aromatic heterocycles. The van der Waals surface area contributed by atoms with Gasteiger partial charge in [0.25, 0.3) is 0 Å². The topological polar surface area (TPSA) is 81.7 Å². The zero-order valence-corrected chi connectivity index (χ0v) is 15.2. The lowest BCUT2D eigenvalue weighted by Crippen LogP contribution is -2.15. The van der Waals surface area contributed by atoms with Gasteiger partial charge in [-0.25, -0.2) is 4.79 Å². The van der Waals surface area contributed by atoms with Crippen molar-refractivity contribution in [2.75, 3.05) is 19.5 Å². The highest BCUT2D eigenvalue weighted by Crippen LogP contribution is 2.36. The van der Waals surface area contributed by atoms with Gasteiger partial charge < -0.3 is 14.8 Å². The van der Waals surface area contributed by atoms with Gasteiger partial charge in [0.1, 0.15) is 10.6 Å². The molecule has 0 radical (unpaired) electrons. The Bertz CT molecular complexity index is 785. The molecule has 1 amide bonds. The molecule has 0 aliphatic carbocycles. The minimum atomic E-state index is -0.561. The fourth-order valence-electron chi connectivity index (χ4n) is 2.10. The number of benzene rings is 1. The molecule has 0 aliphatic rings. The molecule has 1 aromatic carbocycles. The predicted molar refractivity (Wildman–Crippen MR) is 96.0 cm³/mol. The van der Waals surface area contributed by atoms with Gasteiger partial charge in [-0.2, -0.15) is 0 Å². The number of carbonyl (C=O) groups is 3. The fourth-order valence-corrected chi connectivity index (χ4v) is 3.20. The number of ether oxygens (including phenoxy) is 2. The molecule has 0 aliphatic heterocycles. The Morgan fingerprint density at radius 1 is 1.08 bits per heavy atom. The summed E-state index contributed by atoms with van der Waals surface area (Å²) in [5.41, 5.74) is 1.68. The molecule has 0 unspecified atom stereocenters. The van der Waals surface area contributed by atoms with Crippen LogP contribution in [0.25, 0.3) is 11.1 Å². The van der Waals surface area contributed by atoms with Gasteiger partial charge in [0.05, 0.1) is 20.6 Å². The largest absolute Gasteiger partial charge is 0.469 e. The molecule has 0 fully saturated rings. The van der Waals surface area contributed by atoms with Crippen LogP contribution in [0.1, 0.15) is 23.2 Å². The van der Waals surface area contributed by atoms with Crippen molar-refractivity contribution in [1.82, 2.24) is 0 Å². The van der Waals surface area contributed by atoms with Crippen molar-refractivity contribution in [2.24, 2.45) is 0 Å². The average Bonchev–Trinajstić information content (AvgIpc) is 3.03. The first-order valence-corrected chi connectivity index (χ1v) is 8.54. The molecule has 1 heterocycles. The lowest BCUT2D eigenvalue weighted by atomic mass is 10.0. The van der Waals surface area contributed by atoms with E-state index in [9.17, 15) is 14.4 Å². The van der Waals surface area contributed by atoms with Gasteiger partial charge in [-0.1, -0.05) is 23.7 Å². The maximum Gasteiger partial charge on any atom is 0.341 e. The van der Waals surface area contributed by atoms with Gasteiger partial charge in [-0.3, -0.25) is 9.59 Å². The number of esters is 2. The zero-order valence-electron chi connectivity index (χ0n) is 13.6. The normalized spacial score (nSPS) is 10.2. The number of hydrogen-bond acceptors (Lipinski definition) is 6. The van der Waals surface area contributed by atoms with Crippen molar-refractivity contribution in [3.05, 3.63) is 40.2 Å². The Morgan fingerprint density at radius 2 is 1.76 bits per heavy atom. The third-order valence-corrected chi connectivity index (χ3v) is 4.52. The van der Waals surface area contributed by atoms with E-state index in [4.69, 9.17) is 16.3 Å². The third kappa shape index (κ3) is 4.80. The first-order chi connectivity index (χ1) is 12.0. The Morgan fingerprint density at radius 3 is 2.36 bits per heavy atom. The summed E-state index contributed by atoms with van der Waals surface area (Å²) >= 11 is 7.10. The van der Waals surface area contributed by atoms with Gasteiger partial charge in [0.2, 0.25) is 5.91 Å². The maximum absolute atomic E-state index is 12.2. The molecular weight excluding hydrogens is 366 g/mol. The minimum Gasteiger partial charge on any atom is -0.469 e. The van der Waals surface area contributed by atoms with E-state index in [-0.39, 0.29) is 24.3 Å². The molecule has 1 N–H and O–H groups in total. The highest BCUT2D eigenvalue weighted by Gasteiger charge is 2.22. The molecular formula is C17H16ClNO5S. The van der Waals surface area contributed by atoms with E-state index in [1.165, 1.54) is 25.6 Å². The van der Waals surface area contributed by atoms with Gasteiger partial charge in [-0.05, 0) is 17.7 Å². The first-order valence-electron chi connectivity index (χ1n) is 7.28. The number of hydrogen-bond donors (Lipinski definition) is 1. The van der Waals surface area contributed by atoms with Crippen molar-refractivity contribution >= 4 is 45.8 Å². The summed E-state index contributed by atoms with van der Waals surface area (Å²) in [7, 11) is 2.53. The van der Waals surface area contributed by atoms with E-state index in [1.807, 2.05) is 0 Å². The van der Waals surface area contributed by atoms with Crippen molar-refractivity contribution in [1.29, 1.82) is 0 Å². The van der Waals surface area contributed by atoms with E-state index in [0.29, 0.717) is 15.6 Å². The summed E-state index contributed by atoms with van der Waals surface area (Å²) in [5.74, 6) is -1.43. The van der Waals surface area contributed by atoms with Gasteiger partial charge in [0.15, 0.2) is 0 Å². The van der Waals surface area contributed by atoms with E-state index < -0.39 is 11.9 Å².